The van der Waals surface area contributed by atoms with Crippen molar-refractivity contribution in [2.45, 2.75) is 44.9 Å². The molecule has 0 saturated carbocycles. The zero-order valence-corrected chi connectivity index (χ0v) is 12.0. The second-order valence-corrected chi connectivity index (χ2v) is 4.88. The highest BCUT2D eigenvalue weighted by molar-refractivity contribution is 5.92. The Labute approximate surface area is 117 Å². The third-order valence-electron chi connectivity index (χ3n) is 3.32. The van der Waals surface area contributed by atoms with Gasteiger partial charge in [-0.15, -0.1) is 6.58 Å². The molecule has 0 bridgehead atoms. The minimum absolute atomic E-state index is 0.206. The Hall–Kier alpha value is -1.57. The van der Waals surface area contributed by atoms with Crippen molar-refractivity contribution in [2.75, 3.05) is 11.9 Å². The zero-order valence-electron chi connectivity index (χ0n) is 12.0. The van der Waals surface area contributed by atoms with Gasteiger partial charge in [-0.3, -0.25) is 4.79 Å². The highest BCUT2D eigenvalue weighted by Crippen LogP contribution is 2.14. The lowest BCUT2D eigenvalue weighted by atomic mass is 10.1. The molecule has 2 heteroatoms. The van der Waals surface area contributed by atoms with Crippen LogP contribution in [0.25, 0.3) is 0 Å². The summed E-state index contributed by atoms with van der Waals surface area (Å²) in [5, 5.41) is 0. The van der Waals surface area contributed by atoms with Crippen molar-refractivity contribution in [2.24, 2.45) is 0 Å². The van der Waals surface area contributed by atoms with Crippen molar-refractivity contribution >= 4 is 11.6 Å². The van der Waals surface area contributed by atoms with E-state index in [9.17, 15) is 4.79 Å². The molecule has 1 aromatic rings. The van der Waals surface area contributed by atoms with Crippen LogP contribution < -0.4 is 4.90 Å². The van der Waals surface area contributed by atoms with Gasteiger partial charge in [-0.05, 0) is 31.4 Å². The van der Waals surface area contributed by atoms with Crippen LogP contribution in [0.15, 0.2) is 43.0 Å². The molecule has 19 heavy (non-hydrogen) atoms. The maximum atomic E-state index is 12.0. The molecular weight excluding hydrogens is 234 g/mol. The Morgan fingerprint density at radius 3 is 2.42 bits per heavy atom. The van der Waals surface area contributed by atoms with Crippen molar-refractivity contribution in [1.29, 1.82) is 0 Å². The van der Waals surface area contributed by atoms with Gasteiger partial charge in [0.15, 0.2) is 0 Å². The second-order valence-electron chi connectivity index (χ2n) is 4.88. The van der Waals surface area contributed by atoms with E-state index in [2.05, 4.69) is 6.58 Å². The van der Waals surface area contributed by atoms with Gasteiger partial charge < -0.3 is 4.90 Å². The van der Waals surface area contributed by atoms with Crippen molar-refractivity contribution in [1.82, 2.24) is 0 Å². The highest BCUT2D eigenvalue weighted by atomic mass is 16.2. The molecule has 0 radical (unpaired) electrons. The van der Waals surface area contributed by atoms with E-state index in [4.69, 9.17) is 0 Å². The van der Waals surface area contributed by atoms with Gasteiger partial charge >= 0.3 is 0 Å². The monoisotopic (exact) mass is 259 g/mol. The highest BCUT2D eigenvalue weighted by Gasteiger charge is 2.09. The molecule has 0 N–H and O–H groups in total. The summed E-state index contributed by atoms with van der Waals surface area (Å²) in [5.74, 6) is 0.206. The molecule has 104 valence electrons. The Kier molecular flexibility index (Phi) is 7.64. The number of para-hydroxylation sites is 1. The largest absolute Gasteiger partial charge is 0.316 e. The van der Waals surface area contributed by atoms with Gasteiger partial charge in [-0.1, -0.05) is 43.5 Å². The predicted molar refractivity (Wildman–Crippen MR) is 82.4 cm³/mol. The van der Waals surface area contributed by atoms with E-state index >= 15 is 0 Å². The summed E-state index contributed by atoms with van der Waals surface area (Å²) in [7, 11) is 1.85. The molecule has 0 fully saturated rings. The second kappa shape index (κ2) is 9.37. The summed E-state index contributed by atoms with van der Waals surface area (Å²) in [6.07, 6.45) is 9.54. The van der Waals surface area contributed by atoms with Gasteiger partial charge in [0.2, 0.25) is 5.91 Å². The normalized spacial score (nSPS) is 10.2. The van der Waals surface area contributed by atoms with Gasteiger partial charge in [-0.2, -0.15) is 0 Å². The molecule has 0 unspecified atom stereocenters. The number of amides is 1. The van der Waals surface area contributed by atoms with Gasteiger partial charge in [0.05, 0.1) is 0 Å². The molecule has 1 rings (SSSR count). The number of benzene rings is 1. The summed E-state index contributed by atoms with van der Waals surface area (Å²) in [5.41, 5.74) is 0.971. The maximum absolute atomic E-state index is 12.0. The van der Waals surface area contributed by atoms with Crippen molar-refractivity contribution in [3.8, 4) is 0 Å². The first-order chi connectivity index (χ1) is 9.25. The Morgan fingerprint density at radius 2 is 1.74 bits per heavy atom. The first-order valence-corrected chi connectivity index (χ1v) is 7.18. The van der Waals surface area contributed by atoms with Crippen LogP contribution in [-0.4, -0.2) is 13.0 Å². The minimum Gasteiger partial charge on any atom is -0.316 e. The summed E-state index contributed by atoms with van der Waals surface area (Å²) >= 11 is 0. The number of carbonyl (C=O) groups is 1. The Bertz CT molecular complexity index is 372. The zero-order chi connectivity index (χ0) is 13.9. The number of unbranched alkanes of at least 4 members (excludes halogenated alkanes) is 5. The van der Waals surface area contributed by atoms with Crippen LogP contribution in [0.4, 0.5) is 5.69 Å². The number of nitrogens with zero attached hydrogens (tertiary/aromatic N) is 1. The van der Waals surface area contributed by atoms with Crippen LogP contribution in [0.2, 0.25) is 0 Å². The summed E-state index contributed by atoms with van der Waals surface area (Å²) in [4.78, 5) is 13.7. The fraction of sp³-hybridized carbons (Fsp3) is 0.471. The fourth-order valence-corrected chi connectivity index (χ4v) is 2.06. The summed E-state index contributed by atoms with van der Waals surface area (Å²) in [6, 6.07) is 9.81. The number of hydrogen-bond acceptors (Lipinski definition) is 1. The third kappa shape index (κ3) is 6.23. The van der Waals surface area contributed by atoms with E-state index < -0.39 is 0 Å². The lowest BCUT2D eigenvalue weighted by Crippen LogP contribution is -2.25. The predicted octanol–water partition coefficient (Wildman–Crippen LogP) is 4.57. The number of anilines is 1. The first kappa shape index (κ1) is 15.5. The van der Waals surface area contributed by atoms with E-state index in [0.29, 0.717) is 6.42 Å². The van der Waals surface area contributed by atoms with E-state index in [-0.39, 0.29) is 5.91 Å². The van der Waals surface area contributed by atoms with Crippen LogP contribution in [0.5, 0.6) is 0 Å². The van der Waals surface area contributed by atoms with Gasteiger partial charge in [0.25, 0.3) is 0 Å². The molecule has 0 aromatic heterocycles. The van der Waals surface area contributed by atoms with E-state index in [0.717, 1.165) is 24.9 Å². The molecule has 0 saturated heterocycles. The third-order valence-corrected chi connectivity index (χ3v) is 3.32. The average Bonchev–Trinajstić information content (AvgIpc) is 2.46. The standard InChI is InChI=1S/C17H25NO/c1-3-4-5-6-7-8-12-15-17(19)18(2)16-13-10-9-11-14-16/h3,9-11,13-14H,1,4-8,12,15H2,2H3. The van der Waals surface area contributed by atoms with Crippen LogP contribution in [0, 0.1) is 0 Å². The van der Waals surface area contributed by atoms with Crippen LogP contribution in [0.3, 0.4) is 0 Å². The van der Waals surface area contributed by atoms with Gasteiger partial charge in [0.1, 0.15) is 0 Å². The molecule has 1 aromatic carbocycles. The topological polar surface area (TPSA) is 20.3 Å². The van der Waals surface area contributed by atoms with Crippen molar-refractivity contribution in [3.63, 3.8) is 0 Å². The van der Waals surface area contributed by atoms with Gasteiger partial charge in [0, 0.05) is 19.2 Å². The number of hydrogen-bond donors (Lipinski definition) is 0. The van der Waals surface area contributed by atoms with Gasteiger partial charge in [-0.25, -0.2) is 0 Å². The molecule has 2 nitrogen and oxygen atoms in total. The number of rotatable bonds is 9. The van der Waals surface area contributed by atoms with E-state index in [1.54, 1.807) is 4.90 Å². The molecular formula is C17H25NO. The van der Waals surface area contributed by atoms with Crippen LogP contribution in [0.1, 0.15) is 44.9 Å². The average molecular weight is 259 g/mol. The molecule has 0 aliphatic rings. The molecule has 0 aliphatic carbocycles. The lowest BCUT2D eigenvalue weighted by Gasteiger charge is -2.17. The lowest BCUT2D eigenvalue weighted by molar-refractivity contribution is -0.118. The molecule has 0 atom stereocenters. The molecule has 0 heterocycles. The molecule has 0 spiro atoms. The minimum atomic E-state index is 0.206. The quantitative estimate of drug-likeness (QED) is 0.470. The first-order valence-electron chi connectivity index (χ1n) is 7.18. The smallest absolute Gasteiger partial charge is 0.226 e. The Morgan fingerprint density at radius 1 is 1.11 bits per heavy atom. The van der Waals surface area contributed by atoms with Crippen molar-refractivity contribution < 1.29 is 4.79 Å². The number of carbonyl (C=O) groups excluding carboxylic acids is 1. The summed E-state index contributed by atoms with van der Waals surface area (Å²) in [6.45, 7) is 3.72. The molecule has 0 aliphatic heterocycles. The Balaban J connectivity index is 2.15. The van der Waals surface area contributed by atoms with Crippen LogP contribution >= 0.6 is 0 Å². The van der Waals surface area contributed by atoms with E-state index in [1.165, 1.54) is 19.3 Å². The molecule has 1 amide bonds. The maximum Gasteiger partial charge on any atom is 0.226 e. The SMILES string of the molecule is C=CCCCCCCCC(=O)N(C)c1ccccc1. The number of allylic oxidation sites excluding steroid dienone is 1. The summed E-state index contributed by atoms with van der Waals surface area (Å²) < 4.78 is 0. The van der Waals surface area contributed by atoms with Crippen molar-refractivity contribution in [3.05, 3.63) is 43.0 Å². The van der Waals surface area contributed by atoms with Crippen LogP contribution in [-0.2, 0) is 4.79 Å². The van der Waals surface area contributed by atoms with E-state index in [1.807, 2.05) is 43.5 Å². The fourth-order valence-electron chi connectivity index (χ4n) is 2.06.